The molecule has 5 rings (SSSR count). The van der Waals surface area contributed by atoms with Crippen molar-refractivity contribution < 1.29 is 32.2 Å². The Morgan fingerprint density at radius 3 is 2.24 bits per heavy atom. The number of anilines is 2. The topological polar surface area (TPSA) is 59.1 Å². The summed E-state index contributed by atoms with van der Waals surface area (Å²) in [6, 6.07) is 10.8. The number of hydrogen-bond donors (Lipinski definition) is 0. The van der Waals surface area contributed by atoms with Gasteiger partial charge in [-0.3, -0.25) is 9.59 Å². The summed E-state index contributed by atoms with van der Waals surface area (Å²) in [5.74, 6) is -2.97. The van der Waals surface area contributed by atoms with Crippen LogP contribution in [0.1, 0.15) is 30.5 Å². The second kappa shape index (κ2) is 7.38. The van der Waals surface area contributed by atoms with Crippen molar-refractivity contribution in [3.05, 3.63) is 59.2 Å². The van der Waals surface area contributed by atoms with Crippen molar-refractivity contribution in [2.24, 2.45) is 5.41 Å². The molecule has 0 aliphatic carbocycles. The molecule has 3 aliphatic heterocycles. The predicted molar refractivity (Wildman–Crippen MR) is 118 cm³/mol. The molecule has 180 valence electrons. The number of hydrogen-bond acceptors (Lipinski definition) is 6. The van der Waals surface area contributed by atoms with Gasteiger partial charge in [0.1, 0.15) is 0 Å². The van der Waals surface area contributed by atoms with E-state index in [-0.39, 0.29) is 12.0 Å². The van der Waals surface area contributed by atoms with E-state index in [4.69, 9.17) is 9.47 Å². The number of aryl methyl sites for hydroxylation is 1. The minimum absolute atomic E-state index is 0.219. The Kier molecular flexibility index (Phi) is 4.90. The third-order valence-corrected chi connectivity index (χ3v) is 6.94. The highest BCUT2D eigenvalue weighted by Gasteiger charge is 2.65. The number of fused-ring (bicyclic) bond motifs is 4. The summed E-state index contributed by atoms with van der Waals surface area (Å²) < 4.78 is 51.3. The van der Waals surface area contributed by atoms with E-state index in [1.54, 1.807) is 0 Å². The molecule has 0 amide bonds. The van der Waals surface area contributed by atoms with Gasteiger partial charge in [-0.25, -0.2) is 0 Å². The molecule has 2 fully saturated rings. The number of cyclic esters (lactones) is 2. The van der Waals surface area contributed by atoms with Crippen molar-refractivity contribution in [1.82, 2.24) is 0 Å². The van der Waals surface area contributed by atoms with Crippen LogP contribution in [0.3, 0.4) is 0 Å². The van der Waals surface area contributed by atoms with Crippen LogP contribution < -0.4 is 9.80 Å². The lowest BCUT2D eigenvalue weighted by atomic mass is 9.69. The van der Waals surface area contributed by atoms with Crippen molar-refractivity contribution in [2.45, 2.75) is 45.2 Å². The number of ether oxygens (including phenoxy) is 2. The summed E-state index contributed by atoms with van der Waals surface area (Å²) in [5, 5.41) is 0. The fraction of sp³-hybridized carbons (Fsp3) is 0.440. The van der Waals surface area contributed by atoms with Crippen LogP contribution in [0.25, 0.3) is 0 Å². The van der Waals surface area contributed by atoms with Crippen LogP contribution in [0.5, 0.6) is 0 Å². The van der Waals surface area contributed by atoms with Gasteiger partial charge in [0.25, 0.3) is 5.79 Å². The maximum Gasteiger partial charge on any atom is 0.416 e. The number of rotatable bonds is 1. The molecule has 34 heavy (non-hydrogen) atoms. The number of carbonyl (C=O) groups excluding carboxylic acids is 2. The Hall–Kier alpha value is -3.23. The zero-order chi connectivity index (χ0) is 24.5. The summed E-state index contributed by atoms with van der Waals surface area (Å²) in [6.45, 7) is 6.22. The fourth-order valence-corrected chi connectivity index (χ4v) is 5.23. The summed E-state index contributed by atoms with van der Waals surface area (Å²) in [4.78, 5) is 30.8. The van der Waals surface area contributed by atoms with Crippen LogP contribution in [0, 0.1) is 12.3 Å². The molecule has 0 saturated carbocycles. The zero-order valence-electron chi connectivity index (χ0n) is 19.1. The molecule has 0 N–H and O–H groups in total. The lowest BCUT2D eigenvalue weighted by molar-refractivity contribution is -0.253. The first kappa shape index (κ1) is 22.6. The summed E-state index contributed by atoms with van der Waals surface area (Å²) >= 11 is 0. The van der Waals surface area contributed by atoms with Crippen LogP contribution >= 0.6 is 0 Å². The summed E-state index contributed by atoms with van der Waals surface area (Å²) in [7, 11) is 0. The molecule has 3 aliphatic rings. The van der Waals surface area contributed by atoms with E-state index < -0.39 is 40.9 Å². The van der Waals surface area contributed by atoms with Crippen molar-refractivity contribution in [3.8, 4) is 0 Å². The highest BCUT2D eigenvalue weighted by molar-refractivity contribution is 6.04. The molecule has 9 heteroatoms. The van der Waals surface area contributed by atoms with Crippen LogP contribution in [-0.2, 0) is 31.7 Å². The molecule has 1 spiro atoms. The quantitative estimate of drug-likeness (QED) is 0.459. The SMILES string of the molecule is Cc1ccc(N2CCN3c4ccc(C(F)(F)F)cc4CC4(C(=O)OC(C)(C)OC4=O)C3C2)cc1. The van der Waals surface area contributed by atoms with Gasteiger partial charge in [-0.05, 0) is 42.8 Å². The molecular weight excluding hydrogens is 449 g/mol. The Morgan fingerprint density at radius 2 is 1.62 bits per heavy atom. The molecule has 2 saturated heterocycles. The number of esters is 2. The number of benzene rings is 2. The first-order valence-electron chi connectivity index (χ1n) is 11.2. The lowest BCUT2D eigenvalue weighted by Gasteiger charge is -2.55. The van der Waals surface area contributed by atoms with Crippen LogP contribution in [0.2, 0.25) is 0 Å². The van der Waals surface area contributed by atoms with E-state index in [0.29, 0.717) is 25.3 Å². The Labute approximate surface area is 195 Å². The largest absolute Gasteiger partial charge is 0.422 e. The van der Waals surface area contributed by atoms with Crippen molar-refractivity contribution in [3.63, 3.8) is 0 Å². The zero-order valence-corrected chi connectivity index (χ0v) is 19.1. The second-order valence-corrected chi connectivity index (χ2v) is 9.66. The number of alkyl halides is 3. The Bertz CT molecular complexity index is 1140. The molecule has 1 atom stereocenters. The van der Waals surface area contributed by atoms with Gasteiger partial charge in [-0.15, -0.1) is 0 Å². The first-order chi connectivity index (χ1) is 15.9. The van der Waals surface area contributed by atoms with E-state index in [1.165, 1.54) is 19.9 Å². The van der Waals surface area contributed by atoms with Gasteiger partial charge in [0, 0.05) is 51.3 Å². The maximum absolute atomic E-state index is 13.4. The van der Waals surface area contributed by atoms with Gasteiger partial charge in [0.15, 0.2) is 5.41 Å². The van der Waals surface area contributed by atoms with Gasteiger partial charge in [-0.2, -0.15) is 13.2 Å². The summed E-state index contributed by atoms with van der Waals surface area (Å²) in [5.41, 5.74) is 0.331. The summed E-state index contributed by atoms with van der Waals surface area (Å²) in [6.07, 6.45) is -4.76. The van der Waals surface area contributed by atoms with E-state index in [0.717, 1.165) is 23.4 Å². The van der Waals surface area contributed by atoms with Crippen molar-refractivity contribution in [2.75, 3.05) is 29.4 Å². The molecule has 0 aromatic heterocycles. The molecule has 0 bridgehead atoms. The molecule has 0 radical (unpaired) electrons. The van der Waals surface area contributed by atoms with Gasteiger partial charge in [0.2, 0.25) is 0 Å². The molecule has 3 heterocycles. The fourth-order valence-electron chi connectivity index (χ4n) is 5.23. The number of carbonyl (C=O) groups is 2. The van der Waals surface area contributed by atoms with E-state index >= 15 is 0 Å². The molecule has 2 aromatic rings. The highest BCUT2D eigenvalue weighted by Crippen LogP contribution is 2.49. The molecule has 6 nitrogen and oxygen atoms in total. The number of halogens is 3. The first-order valence-corrected chi connectivity index (χ1v) is 11.2. The van der Waals surface area contributed by atoms with Crippen LogP contribution in [-0.4, -0.2) is 43.4 Å². The average Bonchev–Trinajstić information content (AvgIpc) is 2.76. The minimum atomic E-state index is -4.54. The Morgan fingerprint density at radius 1 is 0.971 bits per heavy atom. The number of nitrogens with zero attached hydrogens (tertiary/aromatic N) is 2. The average molecular weight is 474 g/mol. The highest BCUT2D eigenvalue weighted by atomic mass is 19.4. The smallest absolute Gasteiger partial charge is 0.416 e. The third-order valence-electron chi connectivity index (χ3n) is 6.94. The van der Waals surface area contributed by atoms with Crippen LogP contribution in [0.15, 0.2) is 42.5 Å². The third kappa shape index (κ3) is 3.49. The van der Waals surface area contributed by atoms with E-state index in [9.17, 15) is 22.8 Å². The minimum Gasteiger partial charge on any atom is -0.422 e. The van der Waals surface area contributed by atoms with Gasteiger partial charge >= 0.3 is 18.1 Å². The van der Waals surface area contributed by atoms with E-state index in [2.05, 4.69) is 4.90 Å². The molecule has 2 aromatic carbocycles. The second-order valence-electron chi connectivity index (χ2n) is 9.66. The monoisotopic (exact) mass is 474 g/mol. The van der Waals surface area contributed by atoms with Crippen molar-refractivity contribution in [1.29, 1.82) is 0 Å². The predicted octanol–water partition coefficient (Wildman–Crippen LogP) is 4.09. The number of piperazine rings is 1. The maximum atomic E-state index is 13.4. The molecule has 1 unspecified atom stereocenters. The van der Waals surface area contributed by atoms with Gasteiger partial charge in [-0.1, -0.05) is 17.7 Å². The van der Waals surface area contributed by atoms with Crippen molar-refractivity contribution >= 4 is 23.3 Å². The molecular formula is C25H25F3N2O4. The van der Waals surface area contributed by atoms with Gasteiger partial charge in [0.05, 0.1) is 11.6 Å². The van der Waals surface area contributed by atoms with Crippen LogP contribution in [0.4, 0.5) is 24.5 Å². The van der Waals surface area contributed by atoms with Gasteiger partial charge < -0.3 is 19.3 Å². The lowest BCUT2D eigenvalue weighted by Crippen LogP contribution is -2.71. The normalized spacial score (nSPS) is 23.2. The van der Waals surface area contributed by atoms with E-state index in [1.807, 2.05) is 36.1 Å². The Balaban J connectivity index is 1.61. The standard InChI is InChI=1S/C25H25F3N2O4/c1-15-4-7-18(8-5-15)29-10-11-30-19-9-6-17(25(26,27)28)12-16(19)13-24(20(30)14-29)21(31)33-23(2,3)34-22(24)32/h4-9,12,20H,10-11,13-14H2,1-3H3.